The summed E-state index contributed by atoms with van der Waals surface area (Å²) < 4.78 is 50.6. The third-order valence-corrected chi connectivity index (χ3v) is 3.45. The van der Waals surface area contributed by atoms with Gasteiger partial charge in [0.2, 0.25) is 11.9 Å². The number of hydrogen-bond acceptors (Lipinski definition) is 5. The van der Waals surface area contributed by atoms with E-state index in [-0.39, 0.29) is 22.8 Å². The molecule has 1 atom stereocenters. The van der Waals surface area contributed by atoms with Gasteiger partial charge in [0.1, 0.15) is 10.0 Å². The van der Waals surface area contributed by atoms with Gasteiger partial charge in [-0.25, -0.2) is 0 Å². The van der Waals surface area contributed by atoms with Crippen LogP contribution in [-0.4, -0.2) is 13.7 Å². The van der Waals surface area contributed by atoms with Crippen molar-refractivity contribution in [2.24, 2.45) is 0 Å². The summed E-state index contributed by atoms with van der Waals surface area (Å²) in [4.78, 5) is 2.89. The van der Waals surface area contributed by atoms with E-state index >= 15 is 0 Å². The zero-order valence-electron chi connectivity index (χ0n) is 10.4. The van der Waals surface area contributed by atoms with Crippen molar-refractivity contribution in [3.63, 3.8) is 0 Å². The first-order chi connectivity index (χ1) is 10.3. The Morgan fingerprint density at radius 3 is 2.41 bits per heavy atom. The molecule has 0 spiro atoms. The fraction of sp³-hybridized carbons (Fsp3) is 0. The molecule has 1 aromatic carbocycles. The molecule has 1 heterocycles. The molecule has 0 radical (unpaired) electrons. The Morgan fingerprint density at radius 1 is 1.27 bits per heavy atom. The largest absolute Gasteiger partial charge is 0.396 e. The Bertz CT molecular complexity index is 738. The van der Waals surface area contributed by atoms with Crippen LogP contribution < -0.4 is 15.2 Å². The Balaban J connectivity index is 2.42. The number of nitrogens with zero attached hydrogens (tertiary/aromatic N) is 1. The standard InChI is InChI=1S/C11H7Cl2F2N3O3S/c12-7-9(8(13)11(15)18-10(7)14)17-4-1-2-5(16)6(3-4)21-22(19)20/h1-3H,16H2,(H,17,18)(H,19,20). The van der Waals surface area contributed by atoms with Crippen molar-refractivity contribution >= 4 is 51.6 Å². The van der Waals surface area contributed by atoms with Crippen LogP contribution in [0.15, 0.2) is 18.2 Å². The molecule has 0 aliphatic carbocycles. The van der Waals surface area contributed by atoms with E-state index in [1.165, 1.54) is 18.2 Å². The summed E-state index contributed by atoms with van der Waals surface area (Å²) in [6.07, 6.45) is 0. The molecule has 6 nitrogen and oxygen atoms in total. The van der Waals surface area contributed by atoms with Gasteiger partial charge < -0.3 is 15.2 Å². The predicted octanol–water partition coefficient (Wildman–Crippen LogP) is 3.51. The quantitative estimate of drug-likeness (QED) is 0.433. The molecule has 0 aliphatic heterocycles. The lowest BCUT2D eigenvalue weighted by molar-refractivity contribution is 0.459. The molecule has 1 aromatic heterocycles. The molecule has 4 N–H and O–H groups in total. The number of halogens is 4. The number of pyridine rings is 1. The van der Waals surface area contributed by atoms with Crippen LogP contribution in [0.3, 0.4) is 0 Å². The fourth-order valence-electron chi connectivity index (χ4n) is 1.50. The minimum atomic E-state index is -2.59. The van der Waals surface area contributed by atoms with Gasteiger partial charge in [-0.3, -0.25) is 4.55 Å². The van der Waals surface area contributed by atoms with Crippen LogP contribution in [0.25, 0.3) is 0 Å². The molecule has 0 bridgehead atoms. The highest BCUT2D eigenvalue weighted by Crippen LogP contribution is 2.36. The van der Waals surface area contributed by atoms with Crippen molar-refractivity contribution in [3.8, 4) is 5.75 Å². The highest BCUT2D eigenvalue weighted by Gasteiger charge is 2.18. The maximum absolute atomic E-state index is 13.3. The number of nitrogens with one attached hydrogen (secondary N) is 1. The molecule has 11 heteroatoms. The van der Waals surface area contributed by atoms with Crippen LogP contribution in [0.4, 0.5) is 25.8 Å². The van der Waals surface area contributed by atoms with Crippen molar-refractivity contribution in [2.45, 2.75) is 0 Å². The second-order valence-corrected chi connectivity index (χ2v) is 5.23. The summed E-state index contributed by atoms with van der Waals surface area (Å²) in [7, 11) is 0. The van der Waals surface area contributed by atoms with Crippen molar-refractivity contribution < 1.29 is 21.7 Å². The second kappa shape index (κ2) is 6.61. The molecule has 0 amide bonds. The van der Waals surface area contributed by atoms with Gasteiger partial charge in [-0.2, -0.15) is 18.0 Å². The first-order valence-corrected chi connectivity index (χ1v) is 7.24. The van der Waals surface area contributed by atoms with Crippen LogP contribution in [0, 0.1) is 11.9 Å². The Labute approximate surface area is 135 Å². The molecule has 2 rings (SSSR count). The van der Waals surface area contributed by atoms with E-state index < -0.39 is 33.3 Å². The van der Waals surface area contributed by atoms with E-state index in [2.05, 4.69) is 14.5 Å². The van der Waals surface area contributed by atoms with Gasteiger partial charge in [0.15, 0.2) is 5.75 Å². The van der Waals surface area contributed by atoms with E-state index in [1.54, 1.807) is 0 Å². The Kier molecular flexibility index (Phi) is 5.01. The number of nitrogen functional groups attached to an aromatic ring is 1. The van der Waals surface area contributed by atoms with Gasteiger partial charge in [-0.05, 0) is 12.1 Å². The molecular weight excluding hydrogens is 363 g/mol. The van der Waals surface area contributed by atoms with Crippen LogP contribution >= 0.6 is 23.2 Å². The number of aromatic nitrogens is 1. The minimum Gasteiger partial charge on any atom is -0.396 e. The molecule has 0 aliphatic rings. The van der Waals surface area contributed by atoms with Crippen LogP contribution in [0.1, 0.15) is 0 Å². The monoisotopic (exact) mass is 369 g/mol. The molecule has 1 unspecified atom stereocenters. The van der Waals surface area contributed by atoms with E-state index in [1.807, 2.05) is 0 Å². The van der Waals surface area contributed by atoms with Gasteiger partial charge >= 0.3 is 11.4 Å². The van der Waals surface area contributed by atoms with E-state index in [0.717, 1.165) is 0 Å². The molecule has 22 heavy (non-hydrogen) atoms. The lowest BCUT2D eigenvalue weighted by Gasteiger charge is -2.12. The first-order valence-electron chi connectivity index (χ1n) is 5.45. The number of benzene rings is 1. The summed E-state index contributed by atoms with van der Waals surface area (Å²) in [6, 6.07) is 4.00. The van der Waals surface area contributed by atoms with Gasteiger partial charge in [0.05, 0.1) is 11.4 Å². The Morgan fingerprint density at radius 2 is 1.86 bits per heavy atom. The molecule has 0 fully saturated rings. The number of rotatable bonds is 4. The number of anilines is 3. The third-order valence-electron chi connectivity index (χ3n) is 2.44. The maximum Gasteiger partial charge on any atom is 0.357 e. The average molecular weight is 370 g/mol. The third kappa shape index (κ3) is 3.55. The van der Waals surface area contributed by atoms with Crippen molar-refractivity contribution in [2.75, 3.05) is 11.1 Å². The lowest BCUT2D eigenvalue weighted by Crippen LogP contribution is -2.03. The van der Waals surface area contributed by atoms with Gasteiger partial charge in [0.25, 0.3) is 0 Å². The van der Waals surface area contributed by atoms with Crippen molar-refractivity contribution in [1.82, 2.24) is 4.98 Å². The van der Waals surface area contributed by atoms with Crippen molar-refractivity contribution in [1.29, 1.82) is 0 Å². The zero-order chi connectivity index (χ0) is 16.4. The van der Waals surface area contributed by atoms with E-state index in [0.29, 0.717) is 0 Å². The van der Waals surface area contributed by atoms with Gasteiger partial charge in [-0.15, -0.1) is 0 Å². The number of hydrogen-bond donors (Lipinski definition) is 3. The normalized spacial score (nSPS) is 12.0. The SMILES string of the molecule is Nc1ccc(Nc2c(Cl)c(F)nc(F)c2Cl)cc1OS(=O)O. The molecule has 118 valence electrons. The highest BCUT2D eigenvalue weighted by molar-refractivity contribution is 7.74. The molecule has 2 aromatic rings. The zero-order valence-corrected chi connectivity index (χ0v) is 12.8. The molecule has 0 saturated heterocycles. The fourth-order valence-corrected chi connectivity index (χ4v) is 2.22. The smallest absolute Gasteiger partial charge is 0.357 e. The van der Waals surface area contributed by atoms with Crippen molar-refractivity contribution in [3.05, 3.63) is 40.1 Å². The van der Waals surface area contributed by atoms with Gasteiger partial charge in [-0.1, -0.05) is 23.2 Å². The number of nitrogens with two attached hydrogens (primary N) is 1. The minimum absolute atomic E-state index is 0.0808. The summed E-state index contributed by atoms with van der Waals surface area (Å²) in [6.45, 7) is 0. The topological polar surface area (TPSA) is 97.5 Å². The lowest BCUT2D eigenvalue weighted by atomic mass is 10.2. The Hall–Kier alpha value is -1.68. The average Bonchev–Trinajstić information content (AvgIpc) is 2.44. The summed E-state index contributed by atoms with van der Waals surface area (Å²) in [5, 5.41) is 1.53. The maximum atomic E-state index is 13.3. The highest BCUT2D eigenvalue weighted by atomic mass is 35.5. The second-order valence-electron chi connectivity index (χ2n) is 3.87. The summed E-state index contributed by atoms with van der Waals surface area (Å²) in [5.41, 5.74) is 5.60. The van der Waals surface area contributed by atoms with Crippen LogP contribution in [0.5, 0.6) is 5.75 Å². The van der Waals surface area contributed by atoms with E-state index in [4.69, 9.17) is 33.5 Å². The predicted molar refractivity (Wildman–Crippen MR) is 79.7 cm³/mol. The molecular formula is C11H7Cl2F2N3O3S. The van der Waals surface area contributed by atoms with Crippen LogP contribution in [0.2, 0.25) is 10.0 Å². The summed E-state index contributed by atoms with van der Waals surface area (Å²) in [5.74, 6) is -2.60. The van der Waals surface area contributed by atoms with Gasteiger partial charge in [0, 0.05) is 11.8 Å². The van der Waals surface area contributed by atoms with Crippen LogP contribution in [-0.2, 0) is 11.4 Å². The summed E-state index contributed by atoms with van der Waals surface area (Å²) >= 11 is 8.77. The molecule has 0 saturated carbocycles. The first kappa shape index (κ1) is 16.7. The van der Waals surface area contributed by atoms with E-state index in [9.17, 15) is 13.0 Å².